The lowest BCUT2D eigenvalue weighted by Gasteiger charge is -2.11. The van der Waals surface area contributed by atoms with Crippen molar-refractivity contribution in [1.29, 1.82) is 0 Å². The van der Waals surface area contributed by atoms with Gasteiger partial charge in [0.25, 0.3) is 0 Å². The lowest BCUT2D eigenvalue weighted by atomic mass is 9.99. The maximum absolute atomic E-state index is 12.4. The van der Waals surface area contributed by atoms with Gasteiger partial charge in [-0.2, -0.15) is 0 Å². The van der Waals surface area contributed by atoms with Crippen LogP contribution in [0.2, 0.25) is 10.0 Å². The zero-order chi connectivity index (χ0) is 20.3. The molecule has 0 atom stereocenters. The molecule has 0 aliphatic carbocycles. The van der Waals surface area contributed by atoms with Crippen molar-refractivity contribution in [2.45, 2.75) is 20.3 Å². The van der Waals surface area contributed by atoms with Crippen LogP contribution in [-0.4, -0.2) is 17.0 Å². The molecule has 0 radical (unpaired) electrons. The van der Waals surface area contributed by atoms with Crippen molar-refractivity contribution < 1.29 is 14.1 Å². The number of Topliss-reactive ketones (excluding diaryl/α,β-unsaturated/α-hetero) is 1. The van der Waals surface area contributed by atoms with Gasteiger partial charge in [0.15, 0.2) is 5.78 Å². The van der Waals surface area contributed by atoms with Gasteiger partial charge in [-0.25, -0.2) is 4.79 Å². The minimum Gasteiger partial charge on any atom is -0.361 e. The van der Waals surface area contributed by atoms with Crippen molar-refractivity contribution in [2.24, 2.45) is 0 Å². The van der Waals surface area contributed by atoms with E-state index in [0.717, 1.165) is 11.1 Å². The van der Waals surface area contributed by atoms with Crippen LogP contribution in [0.1, 0.15) is 27.2 Å². The van der Waals surface area contributed by atoms with Crippen LogP contribution in [0.5, 0.6) is 0 Å². The molecule has 1 aromatic heterocycles. The molecule has 0 saturated heterocycles. The van der Waals surface area contributed by atoms with Gasteiger partial charge < -0.3 is 15.2 Å². The van der Waals surface area contributed by atoms with Gasteiger partial charge in [-0.3, -0.25) is 4.79 Å². The molecule has 0 spiro atoms. The lowest BCUT2D eigenvalue weighted by molar-refractivity contribution is 0.0991. The highest BCUT2D eigenvalue weighted by Gasteiger charge is 2.15. The Kier molecular flexibility index (Phi) is 6.02. The molecular weight excluding hydrogens is 401 g/mol. The highest BCUT2D eigenvalue weighted by atomic mass is 35.5. The Labute approximate surface area is 171 Å². The summed E-state index contributed by atoms with van der Waals surface area (Å²) in [6.07, 6.45) is 1.65. The molecule has 2 N–H and O–H groups in total. The molecule has 0 aliphatic heterocycles. The molecule has 28 heavy (non-hydrogen) atoms. The van der Waals surface area contributed by atoms with E-state index in [9.17, 15) is 9.59 Å². The fourth-order valence-corrected chi connectivity index (χ4v) is 3.25. The number of urea groups is 1. The standard InChI is InChI=1S/C20H17Cl2N3O3/c1-11-5-16(24-20(27)25-17-8-14(21)7-15(22)9-17)4-3-13(11)6-19(26)18-10-23-28-12(18)2/h3-5,7-10H,6H2,1-2H3,(H2,24,25,27). The summed E-state index contributed by atoms with van der Waals surface area (Å²) in [5, 5.41) is 9.90. The van der Waals surface area contributed by atoms with Crippen LogP contribution in [-0.2, 0) is 6.42 Å². The zero-order valence-electron chi connectivity index (χ0n) is 15.2. The van der Waals surface area contributed by atoms with Crippen molar-refractivity contribution in [2.75, 3.05) is 10.6 Å². The van der Waals surface area contributed by atoms with Crippen LogP contribution in [0.15, 0.2) is 47.1 Å². The maximum atomic E-state index is 12.4. The van der Waals surface area contributed by atoms with Gasteiger partial charge in [0, 0.05) is 27.8 Å². The lowest BCUT2D eigenvalue weighted by Crippen LogP contribution is -2.19. The number of ketones is 1. The van der Waals surface area contributed by atoms with Gasteiger partial charge in [-0.05, 0) is 55.3 Å². The highest BCUT2D eigenvalue weighted by Crippen LogP contribution is 2.23. The molecular formula is C20H17Cl2N3O3. The smallest absolute Gasteiger partial charge is 0.323 e. The number of aromatic nitrogens is 1. The average molecular weight is 418 g/mol. The number of carbonyl (C=O) groups excluding carboxylic acids is 2. The van der Waals surface area contributed by atoms with E-state index in [1.165, 1.54) is 6.20 Å². The van der Waals surface area contributed by atoms with Crippen molar-refractivity contribution in [3.05, 3.63) is 75.1 Å². The summed E-state index contributed by atoms with van der Waals surface area (Å²) in [4.78, 5) is 24.6. The van der Waals surface area contributed by atoms with Crippen LogP contribution < -0.4 is 10.6 Å². The van der Waals surface area contributed by atoms with E-state index in [1.807, 2.05) is 13.0 Å². The summed E-state index contributed by atoms with van der Waals surface area (Å²) in [5.41, 5.74) is 3.30. The molecule has 0 aliphatic rings. The normalized spacial score (nSPS) is 10.6. The number of hydrogen-bond acceptors (Lipinski definition) is 4. The zero-order valence-corrected chi connectivity index (χ0v) is 16.7. The molecule has 2 amide bonds. The first-order valence-corrected chi connectivity index (χ1v) is 9.15. The number of aryl methyl sites for hydroxylation is 2. The topological polar surface area (TPSA) is 84.2 Å². The number of anilines is 2. The first kappa shape index (κ1) is 19.9. The van der Waals surface area contributed by atoms with Crippen molar-refractivity contribution >= 4 is 46.4 Å². The van der Waals surface area contributed by atoms with Gasteiger partial charge >= 0.3 is 6.03 Å². The second kappa shape index (κ2) is 8.46. The van der Waals surface area contributed by atoms with Crippen molar-refractivity contribution in [3.8, 4) is 0 Å². The minimum absolute atomic E-state index is 0.0712. The number of carbonyl (C=O) groups is 2. The van der Waals surface area contributed by atoms with Crippen LogP contribution in [0.25, 0.3) is 0 Å². The van der Waals surface area contributed by atoms with Crippen LogP contribution in [0, 0.1) is 13.8 Å². The Balaban J connectivity index is 1.65. The number of halogens is 2. The number of benzene rings is 2. The third kappa shape index (κ3) is 4.91. The van der Waals surface area contributed by atoms with Gasteiger partial charge in [0.2, 0.25) is 0 Å². The summed E-state index contributed by atoms with van der Waals surface area (Å²) < 4.78 is 4.94. The minimum atomic E-state index is -0.429. The molecule has 144 valence electrons. The molecule has 6 nitrogen and oxygen atoms in total. The first-order chi connectivity index (χ1) is 13.3. The van der Waals surface area contributed by atoms with Crippen LogP contribution in [0.4, 0.5) is 16.2 Å². The average Bonchev–Trinajstić information content (AvgIpc) is 3.02. The van der Waals surface area contributed by atoms with E-state index in [2.05, 4.69) is 15.8 Å². The van der Waals surface area contributed by atoms with Gasteiger partial charge in [0.1, 0.15) is 5.76 Å². The Morgan fingerprint density at radius 1 is 1.00 bits per heavy atom. The summed E-state index contributed by atoms with van der Waals surface area (Å²) in [6, 6.07) is 9.69. The monoisotopic (exact) mass is 417 g/mol. The molecule has 0 saturated carbocycles. The van der Waals surface area contributed by atoms with E-state index >= 15 is 0 Å². The quantitative estimate of drug-likeness (QED) is 0.523. The molecule has 0 bridgehead atoms. The summed E-state index contributed by atoms with van der Waals surface area (Å²) in [6.45, 7) is 3.58. The Morgan fingerprint density at radius 2 is 1.68 bits per heavy atom. The molecule has 3 aromatic rings. The number of nitrogens with one attached hydrogen (secondary N) is 2. The number of amides is 2. The predicted molar refractivity (Wildman–Crippen MR) is 110 cm³/mol. The maximum Gasteiger partial charge on any atom is 0.323 e. The van der Waals surface area contributed by atoms with Crippen LogP contribution in [0.3, 0.4) is 0 Å². The Hall–Kier alpha value is -2.83. The predicted octanol–water partition coefficient (Wildman–Crippen LogP) is 5.67. The number of rotatable bonds is 5. The van der Waals surface area contributed by atoms with Gasteiger partial charge in [-0.15, -0.1) is 0 Å². The second-order valence-electron chi connectivity index (χ2n) is 6.27. The summed E-state index contributed by atoms with van der Waals surface area (Å²) in [7, 11) is 0. The second-order valence-corrected chi connectivity index (χ2v) is 7.15. The molecule has 3 rings (SSSR count). The van der Waals surface area contributed by atoms with E-state index < -0.39 is 6.03 Å². The van der Waals surface area contributed by atoms with E-state index in [1.54, 1.807) is 37.3 Å². The van der Waals surface area contributed by atoms with E-state index in [0.29, 0.717) is 32.7 Å². The molecule has 0 fully saturated rings. The first-order valence-electron chi connectivity index (χ1n) is 8.40. The van der Waals surface area contributed by atoms with Crippen molar-refractivity contribution in [3.63, 3.8) is 0 Å². The number of hydrogen-bond donors (Lipinski definition) is 2. The molecule has 8 heteroatoms. The Bertz CT molecular complexity index is 1030. The third-order valence-corrected chi connectivity index (χ3v) is 4.56. The largest absolute Gasteiger partial charge is 0.361 e. The SMILES string of the molecule is Cc1cc(NC(=O)Nc2cc(Cl)cc(Cl)c2)ccc1CC(=O)c1cnoc1C. The fraction of sp³-hybridized carbons (Fsp3) is 0.150. The fourth-order valence-electron chi connectivity index (χ4n) is 2.73. The van der Waals surface area contributed by atoms with Crippen LogP contribution >= 0.6 is 23.2 Å². The molecule has 1 heterocycles. The molecule has 2 aromatic carbocycles. The van der Waals surface area contributed by atoms with Gasteiger partial charge in [0.05, 0.1) is 11.8 Å². The summed E-state index contributed by atoms with van der Waals surface area (Å²) in [5.74, 6) is 0.428. The van der Waals surface area contributed by atoms with Crippen molar-refractivity contribution in [1.82, 2.24) is 5.16 Å². The van der Waals surface area contributed by atoms with E-state index in [4.69, 9.17) is 27.7 Å². The van der Waals surface area contributed by atoms with Gasteiger partial charge in [-0.1, -0.05) is 34.4 Å². The third-order valence-electron chi connectivity index (χ3n) is 4.12. The summed E-state index contributed by atoms with van der Waals surface area (Å²) >= 11 is 11.9. The molecule has 0 unspecified atom stereocenters. The highest BCUT2D eigenvalue weighted by molar-refractivity contribution is 6.35. The van der Waals surface area contributed by atoms with E-state index in [-0.39, 0.29) is 12.2 Å². The Morgan fingerprint density at radius 3 is 2.29 bits per heavy atom. The number of nitrogens with zero attached hydrogens (tertiary/aromatic N) is 1.